The molecule has 0 radical (unpaired) electrons. The number of aryl methyl sites for hydroxylation is 1. The Morgan fingerprint density at radius 1 is 1.29 bits per heavy atom. The van der Waals surface area contributed by atoms with E-state index in [1.807, 2.05) is 25.2 Å². The zero-order valence-corrected chi connectivity index (χ0v) is 18.9. The normalized spacial score (nSPS) is 26.4. The van der Waals surface area contributed by atoms with Gasteiger partial charge in [-0.3, -0.25) is 9.59 Å². The molecule has 1 N–H and O–H groups in total. The van der Waals surface area contributed by atoms with Gasteiger partial charge < -0.3 is 24.5 Å². The molecule has 28 heavy (non-hydrogen) atoms. The van der Waals surface area contributed by atoms with E-state index in [4.69, 9.17) is 0 Å². The molecule has 0 aliphatic carbocycles. The van der Waals surface area contributed by atoms with Crippen molar-refractivity contribution in [1.82, 2.24) is 9.47 Å². The molecule has 1 aromatic carbocycles. The zero-order chi connectivity index (χ0) is 19.7. The molecule has 4 rings (SSSR count). The zero-order valence-electron chi connectivity index (χ0n) is 16.1. The molecular weight excluding hydrogens is 391 g/mol. The maximum Gasteiger partial charge on any atom is 1.00 e. The van der Waals surface area contributed by atoms with Gasteiger partial charge in [-0.15, -0.1) is 11.8 Å². The maximum absolute atomic E-state index is 12.9. The molecule has 2 aromatic rings. The summed E-state index contributed by atoms with van der Waals surface area (Å²) in [6, 6.07) is 6.26. The van der Waals surface area contributed by atoms with Crippen LogP contribution in [0.15, 0.2) is 30.5 Å². The van der Waals surface area contributed by atoms with Crippen molar-refractivity contribution in [3.8, 4) is 0 Å². The number of hydrogen-bond donors (Lipinski definition) is 1. The van der Waals surface area contributed by atoms with Gasteiger partial charge in [0.05, 0.1) is 17.4 Å². The van der Waals surface area contributed by atoms with Crippen molar-refractivity contribution in [2.24, 2.45) is 13.0 Å². The van der Waals surface area contributed by atoms with Gasteiger partial charge in [0.15, 0.2) is 5.78 Å². The minimum absolute atomic E-state index is 0. The Balaban J connectivity index is 0.00000225. The van der Waals surface area contributed by atoms with E-state index in [0.29, 0.717) is 10.9 Å². The summed E-state index contributed by atoms with van der Waals surface area (Å²) >= 11 is 1.28. The Hall–Kier alpha value is -1.32. The predicted molar refractivity (Wildman–Crippen MR) is 97.8 cm³/mol. The first-order chi connectivity index (χ1) is 12.6. The Morgan fingerprint density at radius 2 is 1.93 bits per heavy atom. The molecule has 2 aliphatic rings. The van der Waals surface area contributed by atoms with Crippen LogP contribution in [-0.4, -0.2) is 54.5 Å². The molecule has 2 fully saturated rings. The monoisotopic (exact) mass is 410 g/mol. The molecule has 4 atom stereocenters. The fourth-order valence-electron chi connectivity index (χ4n) is 4.17. The number of carbonyl (C=O) groups excluding carboxylic acids is 3. The number of aliphatic carboxylic acids is 1. The van der Waals surface area contributed by atoms with Crippen LogP contribution in [-0.2, 0) is 16.6 Å². The summed E-state index contributed by atoms with van der Waals surface area (Å²) in [5, 5.41) is 22.3. The summed E-state index contributed by atoms with van der Waals surface area (Å²) in [6.07, 6.45) is 0.126. The molecular formula is C19H19N2NaO5S. The van der Waals surface area contributed by atoms with E-state index in [1.54, 1.807) is 30.7 Å². The second kappa shape index (κ2) is 7.18. The number of amides is 1. The first-order valence-electron chi connectivity index (χ1n) is 8.62. The summed E-state index contributed by atoms with van der Waals surface area (Å²) in [5.41, 5.74) is 1.20. The number of rotatable bonds is 4. The summed E-state index contributed by atoms with van der Waals surface area (Å²) in [6.45, 7) is 3.44. The summed E-state index contributed by atoms with van der Waals surface area (Å²) < 4.78 is 1.04. The molecule has 3 heterocycles. The fourth-order valence-corrected chi connectivity index (χ4v) is 5.89. The number of aromatic nitrogens is 1. The average Bonchev–Trinajstić information content (AvgIpc) is 3.06. The Kier molecular flexibility index (Phi) is 5.48. The van der Waals surface area contributed by atoms with Gasteiger partial charge >= 0.3 is 29.6 Å². The van der Waals surface area contributed by atoms with Crippen LogP contribution >= 0.6 is 11.8 Å². The molecule has 9 heteroatoms. The van der Waals surface area contributed by atoms with Crippen molar-refractivity contribution in [2.45, 2.75) is 36.1 Å². The number of benzene rings is 1. The van der Waals surface area contributed by atoms with Crippen molar-refractivity contribution < 1.29 is 54.2 Å². The topological polar surface area (TPSA) is 103 Å². The van der Waals surface area contributed by atoms with E-state index >= 15 is 0 Å². The third-order valence-electron chi connectivity index (χ3n) is 5.48. The van der Waals surface area contributed by atoms with Gasteiger partial charge in [0, 0.05) is 34.5 Å². The predicted octanol–water partition coefficient (Wildman–Crippen LogP) is -2.85. The van der Waals surface area contributed by atoms with Crippen LogP contribution in [0.5, 0.6) is 0 Å². The first-order valence-corrected chi connectivity index (χ1v) is 9.50. The van der Waals surface area contributed by atoms with E-state index in [9.17, 15) is 24.6 Å². The van der Waals surface area contributed by atoms with Gasteiger partial charge in [-0.05, 0) is 19.9 Å². The van der Waals surface area contributed by atoms with Crippen LogP contribution in [0.3, 0.4) is 0 Å². The van der Waals surface area contributed by atoms with Gasteiger partial charge in [0.2, 0.25) is 5.91 Å². The van der Waals surface area contributed by atoms with Crippen molar-refractivity contribution >= 4 is 40.3 Å². The smallest absolute Gasteiger partial charge is 0.548 e. The molecule has 0 spiro atoms. The van der Waals surface area contributed by atoms with E-state index in [-0.39, 0.29) is 29.6 Å². The van der Waals surface area contributed by atoms with Crippen LogP contribution in [0.25, 0.3) is 10.9 Å². The summed E-state index contributed by atoms with van der Waals surface area (Å²) in [5.74, 6) is -3.32. The Bertz CT molecular complexity index is 988. The molecule has 2 aliphatic heterocycles. The first kappa shape index (κ1) is 21.4. The fraction of sp³-hybridized carbons (Fsp3) is 0.421. The number of aliphatic hydroxyl groups is 1. The standard InChI is InChI=1S/C19H20N2O5S.Na/c1-19(2)15(18(25)26)21-16(24)12(17(21)27-19)14(23)13(22)10-8-20(3)11-7-5-4-6-9(10)11;/h4-8,12,14-15,17,23H,1-3H3,(H,25,26);/q;+1/p-1/t12-,14?,15+,17-;/m1./s1. The number of nitrogens with zero attached hydrogens (tertiary/aromatic N) is 2. The van der Waals surface area contributed by atoms with Crippen molar-refractivity contribution in [1.29, 1.82) is 0 Å². The van der Waals surface area contributed by atoms with Gasteiger partial charge in [0.1, 0.15) is 12.0 Å². The number of β-lactam (4-membered cyclic amide) rings is 1. The number of thioether (sulfide) groups is 1. The van der Waals surface area contributed by atoms with Gasteiger partial charge in [-0.1, -0.05) is 18.2 Å². The molecule has 1 unspecified atom stereocenters. The van der Waals surface area contributed by atoms with E-state index in [0.717, 1.165) is 5.52 Å². The van der Waals surface area contributed by atoms with Gasteiger partial charge in [-0.25, -0.2) is 0 Å². The number of aliphatic hydroxyl groups excluding tert-OH is 1. The number of ketones is 1. The third-order valence-corrected chi connectivity index (χ3v) is 7.07. The molecule has 1 aromatic heterocycles. The minimum atomic E-state index is -1.52. The van der Waals surface area contributed by atoms with Crippen LogP contribution in [0.2, 0.25) is 0 Å². The number of para-hydroxylation sites is 1. The van der Waals surface area contributed by atoms with E-state index in [2.05, 4.69) is 0 Å². The molecule has 0 saturated carbocycles. The number of carboxylic acid groups (broad SMARTS) is 1. The van der Waals surface area contributed by atoms with Crippen LogP contribution in [0.1, 0.15) is 24.2 Å². The number of carboxylic acids is 1. The van der Waals surface area contributed by atoms with E-state index < -0.39 is 45.8 Å². The molecule has 7 nitrogen and oxygen atoms in total. The van der Waals surface area contributed by atoms with Crippen LogP contribution < -0.4 is 34.7 Å². The van der Waals surface area contributed by atoms with Crippen LogP contribution in [0.4, 0.5) is 0 Å². The number of fused-ring (bicyclic) bond motifs is 2. The number of hydrogen-bond acceptors (Lipinski definition) is 6. The molecule has 0 bridgehead atoms. The summed E-state index contributed by atoms with van der Waals surface area (Å²) in [7, 11) is 1.81. The Morgan fingerprint density at radius 3 is 2.57 bits per heavy atom. The minimum Gasteiger partial charge on any atom is -0.548 e. The van der Waals surface area contributed by atoms with Crippen LogP contribution in [0, 0.1) is 5.92 Å². The molecule has 142 valence electrons. The largest absolute Gasteiger partial charge is 1.00 e. The van der Waals surface area contributed by atoms with E-state index in [1.165, 1.54) is 16.7 Å². The van der Waals surface area contributed by atoms with Crippen molar-refractivity contribution in [3.05, 3.63) is 36.0 Å². The van der Waals surface area contributed by atoms with Crippen molar-refractivity contribution in [2.75, 3.05) is 0 Å². The SMILES string of the molecule is Cn1cc(C(=O)C(O)[C@@H]2C(=O)N3[C@@H]2SC(C)(C)[C@@H]3C(=O)[O-])c2ccccc21.[Na+]. The second-order valence-corrected chi connectivity index (χ2v) is 9.36. The molecule has 2 saturated heterocycles. The summed E-state index contributed by atoms with van der Waals surface area (Å²) in [4.78, 5) is 38.3. The number of carbonyl (C=O) groups is 3. The third kappa shape index (κ3) is 2.93. The second-order valence-electron chi connectivity index (χ2n) is 7.58. The number of Topliss-reactive ketones (excluding diaryl/α,β-unsaturated/α-hetero) is 1. The van der Waals surface area contributed by atoms with Gasteiger partial charge in [0.25, 0.3) is 0 Å². The molecule has 1 amide bonds. The maximum atomic E-state index is 12.9. The quantitative estimate of drug-likeness (QED) is 0.331. The Labute approximate surface area is 188 Å². The average molecular weight is 410 g/mol. The van der Waals surface area contributed by atoms with Crippen molar-refractivity contribution in [3.63, 3.8) is 0 Å². The van der Waals surface area contributed by atoms with Gasteiger partial charge in [-0.2, -0.15) is 0 Å².